The first kappa shape index (κ1) is 21.4. The Morgan fingerprint density at radius 1 is 1.11 bits per heavy atom. The molecule has 1 aromatic rings. The van der Waals surface area contributed by atoms with Gasteiger partial charge >= 0.3 is 0 Å². The maximum atomic E-state index is 13.6. The largest absolute Gasteiger partial charge is 0.382 e. The van der Waals surface area contributed by atoms with Gasteiger partial charge in [-0.1, -0.05) is 22.0 Å². The van der Waals surface area contributed by atoms with Gasteiger partial charge in [0, 0.05) is 24.7 Å². The predicted octanol–water partition coefficient (Wildman–Crippen LogP) is 2.53. The fourth-order valence-electron chi connectivity index (χ4n) is 4.12. The number of rotatable bonds is 6. The van der Waals surface area contributed by atoms with Crippen molar-refractivity contribution in [1.82, 2.24) is 10.1 Å². The molecule has 0 radical (unpaired) electrons. The molecule has 3 rings (SSSR count). The van der Waals surface area contributed by atoms with Crippen LogP contribution in [0.5, 0.6) is 0 Å². The third-order valence-corrected chi connectivity index (χ3v) is 6.58. The van der Waals surface area contributed by atoms with Gasteiger partial charge in [-0.25, -0.2) is 5.06 Å². The third-order valence-electron chi connectivity index (χ3n) is 5.73. The molecule has 2 saturated heterocycles. The van der Waals surface area contributed by atoms with Crippen molar-refractivity contribution < 1.29 is 24.0 Å². The van der Waals surface area contributed by atoms with Crippen molar-refractivity contribution in [2.75, 3.05) is 40.5 Å². The van der Waals surface area contributed by atoms with E-state index >= 15 is 0 Å². The highest BCUT2D eigenvalue weighted by atomic mass is 79.9. The number of aryl methyl sites for hydroxylation is 2. The summed E-state index contributed by atoms with van der Waals surface area (Å²) in [5.74, 6) is -1.25. The van der Waals surface area contributed by atoms with E-state index in [0.29, 0.717) is 32.5 Å². The molecule has 2 fully saturated rings. The van der Waals surface area contributed by atoms with Crippen LogP contribution in [0.4, 0.5) is 0 Å². The van der Waals surface area contributed by atoms with Crippen molar-refractivity contribution >= 4 is 27.6 Å². The monoisotopic (exact) mass is 454 g/mol. The Balaban J connectivity index is 1.98. The van der Waals surface area contributed by atoms with Crippen LogP contribution in [0.2, 0.25) is 0 Å². The maximum Gasteiger partial charge on any atom is 0.262 e. The van der Waals surface area contributed by atoms with Crippen LogP contribution in [0.3, 0.4) is 0 Å². The molecule has 2 aliphatic rings. The molecular formula is C20H27BrN2O5. The molecule has 1 unspecified atom stereocenters. The van der Waals surface area contributed by atoms with Crippen LogP contribution in [-0.4, -0.2) is 67.9 Å². The lowest BCUT2D eigenvalue weighted by atomic mass is 9.80. The molecule has 7 nitrogen and oxygen atoms in total. The Bertz CT molecular complexity index is 761. The van der Waals surface area contributed by atoms with Crippen molar-refractivity contribution in [3.8, 4) is 0 Å². The van der Waals surface area contributed by atoms with Crippen LogP contribution in [0.15, 0.2) is 16.6 Å². The molecule has 2 aliphatic heterocycles. The van der Waals surface area contributed by atoms with Gasteiger partial charge in [0.15, 0.2) is 5.78 Å². The molecule has 0 aliphatic carbocycles. The first-order valence-electron chi connectivity index (χ1n) is 9.41. The average molecular weight is 455 g/mol. The molecule has 0 saturated carbocycles. The molecule has 1 atom stereocenters. The Hall–Kier alpha value is -1.32. The van der Waals surface area contributed by atoms with Crippen LogP contribution in [0.25, 0.3) is 0 Å². The second-order valence-electron chi connectivity index (χ2n) is 7.36. The number of ketones is 1. The number of methoxy groups -OCH3 is 1. The zero-order valence-electron chi connectivity index (χ0n) is 16.8. The SMILES string of the molecule is COCCON1C(=O)C(c2cc(Br)c(C)cc2C)C(=O)C12CCN(OC)CC2. The maximum absolute atomic E-state index is 13.6. The van der Waals surface area contributed by atoms with Crippen molar-refractivity contribution in [3.63, 3.8) is 0 Å². The number of benzene rings is 1. The number of nitrogens with zero attached hydrogens (tertiary/aromatic N) is 2. The molecule has 8 heteroatoms. The van der Waals surface area contributed by atoms with Crippen LogP contribution in [0, 0.1) is 13.8 Å². The van der Waals surface area contributed by atoms with Gasteiger partial charge in [-0.05, 0) is 49.4 Å². The molecule has 0 bridgehead atoms. The summed E-state index contributed by atoms with van der Waals surface area (Å²) in [4.78, 5) is 38.1. The Morgan fingerprint density at radius 3 is 2.39 bits per heavy atom. The summed E-state index contributed by atoms with van der Waals surface area (Å²) in [7, 11) is 3.19. The van der Waals surface area contributed by atoms with Crippen LogP contribution >= 0.6 is 15.9 Å². The van der Waals surface area contributed by atoms with Gasteiger partial charge in [-0.15, -0.1) is 0 Å². The van der Waals surface area contributed by atoms with E-state index in [9.17, 15) is 9.59 Å². The minimum absolute atomic E-state index is 0.0930. The van der Waals surface area contributed by atoms with Crippen LogP contribution in [0.1, 0.15) is 35.4 Å². The molecular weight excluding hydrogens is 428 g/mol. The van der Waals surface area contributed by atoms with E-state index in [4.69, 9.17) is 14.4 Å². The van der Waals surface area contributed by atoms with E-state index in [-0.39, 0.29) is 18.3 Å². The summed E-state index contributed by atoms with van der Waals surface area (Å²) in [6.45, 7) is 5.60. The van der Waals surface area contributed by atoms with Crippen molar-refractivity contribution in [3.05, 3.63) is 33.3 Å². The molecule has 28 heavy (non-hydrogen) atoms. The number of carbonyl (C=O) groups is 2. The Labute approximate surface area is 173 Å². The number of carbonyl (C=O) groups excluding carboxylic acids is 2. The van der Waals surface area contributed by atoms with E-state index in [1.807, 2.05) is 26.0 Å². The second kappa shape index (κ2) is 8.59. The zero-order chi connectivity index (χ0) is 20.5. The summed E-state index contributed by atoms with van der Waals surface area (Å²) < 4.78 is 5.94. The fourth-order valence-corrected chi connectivity index (χ4v) is 4.48. The van der Waals surface area contributed by atoms with E-state index in [1.165, 1.54) is 5.06 Å². The van der Waals surface area contributed by atoms with Crippen molar-refractivity contribution in [2.24, 2.45) is 0 Å². The number of piperidine rings is 1. The summed E-state index contributed by atoms with van der Waals surface area (Å²) in [5, 5.41) is 3.14. The number of Topliss-reactive ketones (excluding diaryl/α,β-unsaturated/α-hetero) is 1. The van der Waals surface area contributed by atoms with Gasteiger partial charge in [0.2, 0.25) is 0 Å². The number of hydrogen-bond donors (Lipinski definition) is 0. The van der Waals surface area contributed by atoms with Crippen LogP contribution in [-0.2, 0) is 24.0 Å². The first-order chi connectivity index (χ1) is 13.4. The second-order valence-corrected chi connectivity index (χ2v) is 8.21. The van der Waals surface area contributed by atoms with Crippen LogP contribution < -0.4 is 0 Å². The quantitative estimate of drug-likeness (QED) is 0.485. The lowest BCUT2D eigenvalue weighted by molar-refractivity contribution is -0.232. The molecule has 2 heterocycles. The topological polar surface area (TPSA) is 68.3 Å². The van der Waals surface area contributed by atoms with Gasteiger partial charge in [0.05, 0.1) is 20.3 Å². The average Bonchev–Trinajstić information content (AvgIpc) is 2.87. The van der Waals surface area contributed by atoms with Crippen molar-refractivity contribution in [2.45, 2.75) is 38.1 Å². The smallest absolute Gasteiger partial charge is 0.262 e. The third kappa shape index (κ3) is 3.64. The van der Waals surface area contributed by atoms with E-state index in [1.54, 1.807) is 19.3 Å². The fraction of sp³-hybridized carbons (Fsp3) is 0.600. The predicted molar refractivity (Wildman–Crippen MR) is 107 cm³/mol. The van der Waals surface area contributed by atoms with E-state index < -0.39 is 11.5 Å². The van der Waals surface area contributed by atoms with Gasteiger partial charge in [-0.3, -0.25) is 14.4 Å². The minimum atomic E-state index is -0.964. The van der Waals surface area contributed by atoms with Gasteiger partial charge in [0.25, 0.3) is 5.91 Å². The minimum Gasteiger partial charge on any atom is -0.382 e. The lowest BCUT2D eigenvalue weighted by Crippen LogP contribution is -2.56. The molecule has 0 aromatic heterocycles. The molecule has 1 aromatic carbocycles. The molecule has 1 amide bonds. The van der Waals surface area contributed by atoms with Gasteiger partial charge in [-0.2, -0.15) is 5.06 Å². The summed E-state index contributed by atoms with van der Waals surface area (Å²) in [5.41, 5.74) is 1.76. The normalized spacial score (nSPS) is 22.5. The van der Waals surface area contributed by atoms with Crippen molar-refractivity contribution in [1.29, 1.82) is 0 Å². The van der Waals surface area contributed by atoms with E-state index in [2.05, 4.69) is 15.9 Å². The summed E-state index contributed by atoms with van der Waals surface area (Å²) >= 11 is 3.53. The summed E-state index contributed by atoms with van der Waals surface area (Å²) in [6, 6.07) is 3.89. The number of amides is 1. The molecule has 1 spiro atoms. The highest BCUT2D eigenvalue weighted by molar-refractivity contribution is 9.10. The number of hydrogen-bond acceptors (Lipinski definition) is 6. The number of ether oxygens (including phenoxy) is 1. The highest BCUT2D eigenvalue weighted by Gasteiger charge is 2.60. The Kier molecular flexibility index (Phi) is 6.56. The standard InChI is InChI=1S/C20H27BrN2O5/c1-13-11-14(2)16(21)12-15(13)17-18(24)20(5-7-22(27-4)8-6-20)23(19(17)25)28-10-9-26-3/h11-12,17H,5-10H2,1-4H3. The highest BCUT2D eigenvalue weighted by Crippen LogP contribution is 2.44. The Morgan fingerprint density at radius 2 is 1.79 bits per heavy atom. The summed E-state index contributed by atoms with van der Waals surface area (Å²) in [6.07, 6.45) is 0.946. The zero-order valence-corrected chi connectivity index (χ0v) is 18.4. The molecule has 0 N–H and O–H groups in total. The van der Waals surface area contributed by atoms with Gasteiger partial charge < -0.3 is 9.57 Å². The number of halogens is 1. The van der Waals surface area contributed by atoms with Gasteiger partial charge in [0.1, 0.15) is 11.5 Å². The lowest BCUT2D eigenvalue weighted by Gasteiger charge is -2.41. The van der Waals surface area contributed by atoms with E-state index in [0.717, 1.165) is 21.2 Å². The number of hydroxylamine groups is 4. The first-order valence-corrected chi connectivity index (χ1v) is 10.2. The molecule has 154 valence electrons.